The van der Waals surface area contributed by atoms with Crippen LogP contribution in [0.3, 0.4) is 0 Å². The maximum absolute atomic E-state index is 13.2. The fourth-order valence-corrected chi connectivity index (χ4v) is 3.80. The zero-order chi connectivity index (χ0) is 18.1. The number of carbonyl (C=O) groups excluding carboxylic acids is 1. The predicted molar refractivity (Wildman–Crippen MR) is 98.1 cm³/mol. The van der Waals surface area contributed by atoms with Crippen LogP contribution >= 0.6 is 11.3 Å². The second-order valence-corrected chi connectivity index (χ2v) is 7.43. The molecule has 5 nitrogen and oxygen atoms in total. The van der Waals surface area contributed by atoms with E-state index in [1.165, 1.54) is 23.5 Å². The summed E-state index contributed by atoms with van der Waals surface area (Å²) in [5.74, 6) is -0.400. The van der Waals surface area contributed by atoms with E-state index in [9.17, 15) is 9.18 Å². The summed E-state index contributed by atoms with van der Waals surface area (Å²) in [6, 6.07) is 15.3. The van der Waals surface area contributed by atoms with Crippen molar-refractivity contribution in [2.75, 3.05) is 5.73 Å². The first-order chi connectivity index (χ1) is 12.6. The summed E-state index contributed by atoms with van der Waals surface area (Å²) in [6.45, 7) is 0. The Hall–Kier alpha value is -2.80. The van der Waals surface area contributed by atoms with Crippen molar-refractivity contribution < 1.29 is 9.18 Å². The summed E-state index contributed by atoms with van der Waals surface area (Å²) in [7, 11) is 0. The molecule has 1 heterocycles. The van der Waals surface area contributed by atoms with Crippen LogP contribution in [0.2, 0.25) is 0 Å². The summed E-state index contributed by atoms with van der Waals surface area (Å²) in [4.78, 5) is 13.1. The normalized spacial score (nSPS) is 16.0. The number of nitrogens with two attached hydrogens (primary N) is 1. The van der Waals surface area contributed by atoms with E-state index in [0.29, 0.717) is 10.1 Å². The number of aromatic nitrogens is 2. The lowest BCUT2D eigenvalue weighted by molar-refractivity contribution is -0.124. The van der Waals surface area contributed by atoms with Crippen LogP contribution in [-0.2, 0) is 10.2 Å². The highest BCUT2D eigenvalue weighted by atomic mass is 32.1. The van der Waals surface area contributed by atoms with Crippen molar-refractivity contribution in [2.45, 2.75) is 24.3 Å². The summed E-state index contributed by atoms with van der Waals surface area (Å²) in [5, 5.41) is 12.1. The van der Waals surface area contributed by atoms with Crippen LogP contribution in [0, 0.1) is 5.82 Å². The molecule has 1 saturated carbocycles. The van der Waals surface area contributed by atoms with Crippen LogP contribution in [0.4, 0.5) is 9.52 Å². The van der Waals surface area contributed by atoms with Gasteiger partial charge in [0, 0.05) is 0 Å². The van der Waals surface area contributed by atoms with Crippen LogP contribution in [0.15, 0.2) is 54.6 Å². The molecule has 0 radical (unpaired) electrons. The molecule has 0 saturated heterocycles. The van der Waals surface area contributed by atoms with E-state index in [2.05, 4.69) is 15.5 Å². The van der Waals surface area contributed by atoms with Gasteiger partial charge in [0.15, 0.2) is 0 Å². The number of amides is 1. The lowest BCUT2D eigenvalue weighted by atomic mass is 9.94. The number of carbonyl (C=O) groups is 1. The molecule has 2 aromatic carbocycles. The topological polar surface area (TPSA) is 80.9 Å². The van der Waals surface area contributed by atoms with Crippen molar-refractivity contribution in [3.05, 3.63) is 76.5 Å². The molecule has 1 fully saturated rings. The molecule has 3 aromatic rings. The van der Waals surface area contributed by atoms with Gasteiger partial charge in [0.1, 0.15) is 16.9 Å². The second kappa shape index (κ2) is 6.49. The predicted octanol–water partition coefficient (Wildman–Crippen LogP) is 3.20. The van der Waals surface area contributed by atoms with Crippen molar-refractivity contribution in [3.63, 3.8) is 0 Å². The first-order valence-corrected chi connectivity index (χ1v) is 9.11. The third kappa shape index (κ3) is 3.06. The molecule has 132 valence electrons. The minimum absolute atomic E-state index is 0.0910. The molecule has 0 aliphatic heterocycles. The van der Waals surface area contributed by atoms with Gasteiger partial charge in [-0.25, -0.2) is 4.39 Å². The average molecular weight is 368 g/mol. The molecule has 1 amide bonds. The number of anilines is 1. The third-order valence-electron chi connectivity index (χ3n) is 4.69. The Balaban J connectivity index is 1.63. The number of rotatable bonds is 5. The number of hydrogen-bond donors (Lipinski definition) is 2. The zero-order valence-electron chi connectivity index (χ0n) is 13.9. The molecular weight excluding hydrogens is 351 g/mol. The highest BCUT2D eigenvalue weighted by Crippen LogP contribution is 2.49. The van der Waals surface area contributed by atoms with Crippen molar-refractivity contribution in [1.82, 2.24) is 15.5 Å². The maximum Gasteiger partial charge on any atom is 0.231 e. The van der Waals surface area contributed by atoms with Crippen molar-refractivity contribution in [3.8, 4) is 0 Å². The van der Waals surface area contributed by atoms with Gasteiger partial charge in [-0.1, -0.05) is 53.8 Å². The number of hydrogen-bond acceptors (Lipinski definition) is 5. The van der Waals surface area contributed by atoms with Crippen molar-refractivity contribution in [1.29, 1.82) is 0 Å². The Kier molecular flexibility index (Phi) is 4.16. The van der Waals surface area contributed by atoms with Gasteiger partial charge in [-0.2, -0.15) is 0 Å². The second-order valence-electron chi connectivity index (χ2n) is 6.38. The minimum Gasteiger partial charge on any atom is -0.374 e. The SMILES string of the molecule is Nc1nnc(C(NC(=O)C2(c3ccc(F)cc3)CC2)c2ccccc2)s1. The molecule has 1 aromatic heterocycles. The van der Waals surface area contributed by atoms with Gasteiger partial charge in [0.05, 0.1) is 5.41 Å². The number of benzene rings is 2. The Morgan fingerprint density at radius 2 is 1.81 bits per heavy atom. The maximum atomic E-state index is 13.2. The summed E-state index contributed by atoms with van der Waals surface area (Å²) in [5.41, 5.74) is 6.87. The molecule has 7 heteroatoms. The van der Waals surface area contributed by atoms with E-state index in [1.54, 1.807) is 12.1 Å². The zero-order valence-corrected chi connectivity index (χ0v) is 14.7. The van der Waals surface area contributed by atoms with Crippen LogP contribution in [0.25, 0.3) is 0 Å². The summed E-state index contributed by atoms with van der Waals surface area (Å²) < 4.78 is 13.2. The average Bonchev–Trinajstić information content (AvgIpc) is 3.36. The fourth-order valence-electron chi connectivity index (χ4n) is 3.11. The number of nitrogen functional groups attached to an aromatic ring is 1. The number of nitrogens with one attached hydrogen (secondary N) is 1. The molecule has 1 aliphatic carbocycles. The fraction of sp³-hybridized carbons (Fsp3) is 0.211. The Bertz CT molecular complexity index is 922. The molecule has 1 aliphatic rings. The lowest BCUT2D eigenvalue weighted by Gasteiger charge is -2.21. The quantitative estimate of drug-likeness (QED) is 0.725. The van der Waals surface area contributed by atoms with Crippen molar-refractivity contribution in [2.24, 2.45) is 0 Å². The molecule has 3 N–H and O–H groups in total. The molecule has 0 spiro atoms. The van der Waals surface area contributed by atoms with Gasteiger partial charge >= 0.3 is 0 Å². The standard InChI is InChI=1S/C19H17FN4OS/c20-14-8-6-13(7-9-14)19(10-11-19)17(25)22-15(12-4-2-1-3-5-12)16-23-24-18(21)26-16/h1-9,15H,10-11H2,(H2,21,24)(H,22,25). The first-order valence-electron chi connectivity index (χ1n) is 8.29. The van der Waals surface area contributed by atoms with Gasteiger partial charge in [0.25, 0.3) is 0 Å². The van der Waals surface area contributed by atoms with Crippen LogP contribution in [0.1, 0.15) is 35.0 Å². The molecule has 1 atom stereocenters. The Morgan fingerprint density at radius 1 is 1.12 bits per heavy atom. The summed E-state index contributed by atoms with van der Waals surface area (Å²) in [6.07, 6.45) is 1.48. The van der Waals surface area contributed by atoms with E-state index >= 15 is 0 Å². The van der Waals surface area contributed by atoms with E-state index in [4.69, 9.17) is 5.73 Å². The molecule has 26 heavy (non-hydrogen) atoms. The molecular formula is C19H17FN4OS. The van der Waals surface area contributed by atoms with E-state index < -0.39 is 11.5 Å². The highest BCUT2D eigenvalue weighted by molar-refractivity contribution is 7.15. The molecule has 1 unspecified atom stereocenters. The van der Waals surface area contributed by atoms with Gasteiger partial charge < -0.3 is 11.1 Å². The van der Waals surface area contributed by atoms with Gasteiger partial charge in [-0.3, -0.25) is 4.79 Å². The van der Waals surface area contributed by atoms with Crippen LogP contribution in [0.5, 0.6) is 0 Å². The molecule has 4 rings (SSSR count). The van der Waals surface area contributed by atoms with E-state index in [1.807, 2.05) is 30.3 Å². The summed E-state index contributed by atoms with van der Waals surface area (Å²) >= 11 is 1.25. The van der Waals surface area contributed by atoms with Gasteiger partial charge in [0.2, 0.25) is 11.0 Å². The Labute approximate surface area is 154 Å². The highest BCUT2D eigenvalue weighted by Gasteiger charge is 2.51. The number of nitrogens with zero attached hydrogens (tertiary/aromatic N) is 2. The Morgan fingerprint density at radius 3 is 2.38 bits per heavy atom. The van der Waals surface area contributed by atoms with Gasteiger partial charge in [-0.05, 0) is 36.1 Å². The van der Waals surface area contributed by atoms with Crippen LogP contribution < -0.4 is 11.1 Å². The van der Waals surface area contributed by atoms with Crippen molar-refractivity contribution >= 4 is 22.4 Å². The molecule has 0 bridgehead atoms. The third-order valence-corrected chi connectivity index (χ3v) is 5.51. The monoisotopic (exact) mass is 368 g/mol. The first kappa shape index (κ1) is 16.7. The smallest absolute Gasteiger partial charge is 0.231 e. The largest absolute Gasteiger partial charge is 0.374 e. The minimum atomic E-state index is -0.600. The van der Waals surface area contributed by atoms with Crippen LogP contribution in [-0.4, -0.2) is 16.1 Å². The van der Waals surface area contributed by atoms with Gasteiger partial charge in [-0.15, -0.1) is 10.2 Å². The number of halogens is 1. The van der Waals surface area contributed by atoms with E-state index in [0.717, 1.165) is 24.0 Å². The van der Waals surface area contributed by atoms with E-state index in [-0.39, 0.29) is 11.7 Å². The lowest BCUT2D eigenvalue weighted by Crippen LogP contribution is -2.37.